The molecular weight excluding hydrogens is 313 g/mol. The predicted molar refractivity (Wildman–Crippen MR) is 80.3 cm³/mol. The fourth-order valence-corrected chi connectivity index (χ4v) is 2.91. The second-order valence-electron chi connectivity index (χ2n) is 4.97. The van der Waals surface area contributed by atoms with Crippen molar-refractivity contribution in [1.29, 1.82) is 0 Å². The van der Waals surface area contributed by atoms with Crippen molar-refractivity contribution in [3.63, 3.8) is 0 Å². The largest absolute Gasteiger partial charge is 0.322 e. The van der Waals surface area contributed by atoms with E-state index >= 15 is 0 Å². The van der Waals surface area contributed by atoms with E-state index in [0.29, 0.717) is 6.54 Å². The van der Waals surface area contributed by atoms with Gasteiger partial charge in [0.2, 0.25) is 5.91 Å². The van der Waals surface area contributed by atoms with Crippen LogP contribution in [0, 0.1) is 24.4 Å². The molecule has 1 aromatic heterocycles. The van der Waals surface area contributed by atoms with Crippen LogP contribution >= 0.6 is 11.3 Å². The molecule has 22 heavy (non-hydrogen) atoms. The summed E-state index contributed by atoms with van der Waals surface area (Å²) < 4.78 is 39.4. The van der Waals surface area contributed by atoms with E-state index in [1.807, 2.05) is 18.4 Å². The number of nitrogens with one attached hydrogen (secondary N) is 1. The summed E-state index contributed by atoms with van der Waals surface area (Å²) in [7, 11) is 1.75. The highest BCUT2D eigenvalue weighted by Gasteiger charge is 2.16. The SMILES string of the molecule is Cc1ccsc1CN(C)CC(=O)Nc1ccc(F)c(F)c1F. The average molecular weight is 328 g/mol. The highest BCUT2D eigenvalue weighted by molar-refractivity contribution is 7.10. The van der Waals surface area contributed by atoms with Gasteiger partial charge in [-0.3, -0.25) is 9.69 Å². The van der Waals surface area contributed by atoms with Crippen molar-refractivity contribution in [1.82, 2.24) is 4.90 Å². The average Bonchev–Trinajstić information content (AvgIpc) is 2.85. The number of amides is 1. The van der Waals surface area contributed by atoms with Gasteiger partial charge in [-0.15, -0.1) is 11.3 Å². The molecule has 0 spiro atoms. The van der Waals surface area contributed by atoms with Crippen LogP contribution in [0.4, 0.5) is 18.9 Å². The molecule has 0 aliphatic heterocycles. The third-order valence-corrected chi connectivity index (χ3v) is 4.11. The van der Waals surface area contributed by atoms with Crippen molar-refractivity contribution in [3.8, 4) is 0 Å². The Morgan fingerprint density at radius 1 is 1.23 bits per heavy atom. The Bertz CT molecular complexity index is 687. The van der Waals surface area contributed by atoms with Crippen LogP contribution in [0.3, 0.4) is 0 Å². The summed E-state index contributed by atoms with van der Waals surface area (Å²) in [5, 5.41) is 4.21. The Labute approximate surface area is 130 Å². The fourth-order valence-electron chi connectivity index (χ4n) is 1.92. The number of anilines is 1. The normalized spacial score (nSPS) is 11.0. The Balaban J connectivity index is 1.96. The molecule has 0 fully saturated rings. The lowest BCUT2D eigenvalue weighted by atomic mass is 10.2. The third kappa shape index (κ3) is 3.86. The number of carbonyl (C=O) groups is 1. The quantitative estimate of drug-likeness (QED) is 0.852. The van der Waals surface area contributed by atoms with E-state index in [1.165, 1.54) is 0 Å². The van der Waals surface area contributed by atoms with E-state index < -0.39 is 23.4 Å². The van der Waals surface area contributed by atoms with E-state index in [4.69, 9.17) is 0 Å². The number of nitrogens with zero attached hydrogens (tertiary/aromatic N) is 1. The topological polar surface area (TPSA) is 32.3 Å². The molecule has 0 saturated heterocycles. The van der Waals surface area contributed by atoms with Gasteiger partial charge in [-0.2, -0.15) is 0 Å². The van der Waals surface area contributed by atoms with Crippen LogP contribution in [-0.4, -0.2) is 24.4 Å². The van der Waals surface area contributed by atoms with Gasteiger partial charge in [0, 0.05) is 11.4 Å². The van der Waals surface area contributed by atoms with Gasteiger partial charge in [0.1, 0.15) is 0 Å². The van der Waals surface area contributed by atoms with Gasteiger partial charge in [-0.25, -0.2) is 13.2 Å². The minimum absolute atomic E-state index is 0.00970. The van der Waals surface area contributed by atoms with Crippen molar-refractivity contribution >= 4 is 22.9 Å². The van der Waals surface area contributed by atoms with Crippen LogP contribution in [0.25, 0.3) is 0 Å². The molecule has 0 unspecified atom stereocenters. The van der Waals surface area contributed by atoms with Gasteiger partial charge >= 0.3 is 0 Å². The molecule has 0 bridgehead atoms. The van der Waals surface area contributed by atoms with E-state index in [2.05, 4.69) is 5.32 Å². The summed E-state index contributed by atoms with van der Waals surface area (Å²) in [5.41, 5.74) is 0.772. The molecule has 1 heterocycles. The molecule has 1 aromatic carbocycles. The monoisotopic (exact) mass is 328 g/mol. The maximum atomic E-state index is 13.5. The second-order valence-corrected chi connectivity index (χ2v) is 5.97. The first kappa shape index (κ1) is 16.5. The van der Waals surface area contributed by atoms with E-state index in [9.17, 15) is 18.0 Å². The standard InChI is InChI=1S/C15H15F3N2OS/c1-9-5-6-22-12(9)7-20(2)8-13(21)19-11-4-3-10(16)14(17)15(11)18/h3-6H,7-8H2,1-2H3,(H,19,21). The predicted octanol–water partition coefficient (Wildman–Crippen LogP) is 3.54. The number of carbonyl (C=O) groups excluding carboxylic acids is 1. The zero-order valence-corrected chi connectivity index (χ0v) is 12.9. The Kier molecular flexibility index (Phi) is 5.20. The van der Waals surface area contributed by atoms with E-state index in [1.54, 1.807) is 23.3 Å². The van der Waals surface area contributed by atoms with Gasteiger partial charge in [0.25, 0.3) is 0 Å². The molecule has 0 atom stereocenters. The first-order valence-corrected chi connectivity index (χ1v) is 7.41. The van der Waals surface area contributed by atoms with Gasteiger partial charge in [-0.05, 0) is 43.1 Å². The molecule has 2 aromatic rings. The molecule has 1 amide bonds. The van der Waals surface area contributed by atoms with Crippen LogP contribution < -0.4 is 5.32 Å². The summed E-state index contributed by atoms with van der Waals surface area (Å²) in [6.45, 7) is 2.57. The van der Waals surface area contributed by atoms with Crippen molar-refractivity contribution in [3.05, 3.63) is 51.5 Å². The minimum Gasteiger partial charge on any atom is -0.322 e. The molecule has 3 nitrogen and oxygen atoms in total. The van der Waals surface area contributed by atoms with Crippen LogP contribution in [0.5, 0.6) is 0 Å². The van der Waals surface area contributed by atoms with Crippen molar-refractivity contribution in [2.24, 2.45) is 0 Å². The van der Waals surface area contributed by atoms with Crippen LogP contribution in [-0.2, 0) is 11.3 Å². The summed E-state index contributed by atoms with van der Waals surface area (Å²) in [6.07, 6.45) is 0. The van der Waals surface area contributed by atoms with E-state index in [0.717, 1.165) is 22.6 Å². The zero-order valence-electron chi connectivity index (χ0n) is 12.1. The number of hydrogen-bond acceptors (Lipinski definition) is 3. The van der Waals surface area contributed by atoms with Crippen molar-refractivity contribution in [2.45, 2.75) is 13.5 Å². The number of rotatable bonds is 5. The van der Waals surface area contributed by atoms with Gasteiger partial charge in [0.15, 0.2) is 17.5 Å². The number of benzene rings is 1. The summed E-state index contributed by atoms with van der Waals surface area (Å²) in [5.74, 6) is -4.78. The molecule has 7 heteroatoms. The molecule has 0 aliphatic carbocycles. The summed E-state index contributed by atoms with van der Waals surface area (Å²) in [6, 6.07) is 3.76. The highest BCUT2D eigenvalue weighted by Crippen LogP contribution is 2.20. The third-order valence-electron chi connectivity index (χ3n) is 3.10. The highest BCUT2D eigenvalue weighted by atomic mass is 32.1. The molecule has 1 N–H and O–H groups in total. The lowest BCUT2D eigenvalue weighted by molar-refractivity contribution is -0.117. The lowest BCUT2D eigenvalue weighted by Gasteiger charge is -2.16. The number of hydrogen-bond donors (Lipinski definition) is 1. The minimum atomic E-state index is -1.60. The van der Waals surface area contributed by atoms with Crippen LogP contribution in [0.2, 0.25) is 0 Å². The van der Waals surface area contributed by atoms with Crippen molar-refractivity contribution in [2.75, 3.05) is 18.9 Å². The molecular formula is C15H15F3N2OS. The first-order chi connectivity index (χ1) is 10.4. The maximum Gasteiger partial charge on any atom is 0.238 e. The summed E-state index contributed by atoms with van der Waals surface area (Å²) in [4.78, 5) is 14.7. The molecule has 0 saturated carbocycles. The Hall–Kier alpha value is -1.86. The second kappa shape index (κ2) is 6.93. The zero-order chi connectivity index (χ0) is 16.3. The molecule has 0 aliphatic rings. The number of aryl methyl sites for hydroxylation is 1. The van der Waals surface area contributed by atoms with Gasteiger partial charge < -0.3 is 5.32 Å². The van der Waals surface area contributed by atoms with Crippen LogP contribution in [0.1, 0.15) is 10.4 Å². The molecule has 118 valence electrons. The van der Waals surface area contributed by atoms with Crippen molar-refractivity contribution < 1.29 is 18.0 Å². The maximum absolute atomic E-state index is 13.5. The van der Waals surface area contributed by atoms with Crippen LogP contribution in [0.15, 0.2) is 23.6 Å². The lowest BCUT2D eigenvalue weighted by Crippen LogP contribution is -2.30. The summed E-state index contributed by atoms with van der Waals surface area (Å²) >= 11 is 1.59. The Morgan fingerprint density at radius 3 is 2.59 bits per heavy atom. The molecule has 0 radical (unpaired) electrons. The first-order valence-electron chi connectivity index (χ1n) is 6.53. The van der Waals surface area contributed by atoms with E-state index in [-0.39, 0.29) is 12.2 Å². The van der Waals surface area contributed by atoms with Gasteiger partial charge in [0.05, 0.1) is 12.2 Å². The number of halogens is 3. The number of likely N-dealkylation sites (N-methyl/N-ethyl adjacent to an activating group) is 1. The fraction of sp³-hybridized carbons (Fsp3) is 0.267. The number of thiophene rings is 1. The molecule has 2 rings (SSSR count). The Morgan fingerprint density at radius 2 is 1.95 bits per heavy atom. The van der Waals surface area contributed by atoms with Gasteiger partial charge in [-0.1, -0.05) is 0 Å². The smallest absolute Gasteiger partial charge is 0.238 e.